The molecule has 0 aliphatic rings. The summed E-state index contributed by atoms with van der Waals surface area (Å²) in [7, 11) is 0. The molecule has 0 radical (unpaired) electrons. The van der Waals surface area contributed by atoms with Crippen molar-refractivity contribution in [3.05, 3.63) is 39.9 Å². The Morgan fingerprint density at radius 2 is 2.18 bits per heavy atom. The van der Waals surface area contributed by atoms with E-state index in [4.69, 9.17) is 5.26 Å². The van der Waals surface area contributed by atoms with Crippen molar-refractivity contribution in [2.75, 3.05) is 5.32 Å². The number of nitrogens with zero attached hydrogens (tertiary/aromatic N) is 4. The minimum atomic E-state index is 0.269. The molecule has 0 bridgehead atoms. The molecule has 84 valence electrons. The van der Waals surface area contributed by atoms with E-state index in [0.29, 0.717) is 5.57 Å². The van der Waals surface area contributed by atoms with Gasteiger partial charge in [-0.05, 0) is 52.1 Å². The summed E-state index contributed by atoms with van der Waals surface area (Å²) in [4.78, 5) is 0. The molecule has 1 heterocycles. The van der Waals surface area contributed by atoms with Crippen molar-refractivity contribution in [1.82, 2.24) is 20.6 Å². The zero-order valence-corrected chi connectivity index (χ0v) is 10.7. The molecule has 2 aromatic rings. The number of hydrogen-bond acceptors (Lipinski definition) is 5. The number of nitriles is 1. The lowest BCUT2D eigenvalue weighted by Gasteiger charge is -2.00. The van der Waals surface area contributed by atoms with E-state index in [1.54, 1.807) is 6.20 Å². The fourth-order valence-corrected chi connectivity index (χ4v) is 1.48. The molecular weight excluding hydrogens is 331 g/mol. The molecular formula is C10H7IN6. The summed E-state index contributed by atoms with van der Waals surface area (Å²) >= 11 is 2.23. The number of allylic oxidation sites excluding steroid dienone is 1. The summed E-state index contributed by atoms with van der Waals surface area (Å²) < 4.78 is 1.15. The van der Waals surface area contributed by atoms with Gasteiger partial charge in [-0.15, -0.1) is 10.2 Å². The predicted molar refractivity (Wildman–Crippen MR) is 70.5 cm³/mol. The van der Waals surface area contributed by atoms with E-state index in [0.717, 1.165) is 9.26 Å². The van der Waals surface area contributed by atoms with Gasteiger partial charge in [0.15, 0.2) is 0 Å². The molecule has 0 saturated heterocycles. The molecule has 1 aromatic heterocycles. The van der Waals surface area contributed by atoms with Crippen LogP contribution in [0.15, 0.2) is 30.5 Å². The molecule has 2 rings (SSSR count). The van der Waals surface area contributed by atoms with Crippen molar-refractivity contribution < 1.29 is 0 Å². The molecule has 0 aliphatic heterocycles. The first-order valence-electron chi connectivity index (χ1n) is 4.66. The molecule has 6 nitrogen and oxygen atoms in total. The fourth-order valence-electron chi connectivity index (χ4n) is 1.12. The van der Waals surface area contributed by atoms with Gasteiger partial charge in [-0.2, -0.15) is 10.5 Å². The van der Waals surface area contributed by atoms with Crippen LogP contribution in [0.4, 0.5) is 5.69 Å². The standard InChI is InChI=1S/C10H7IN6/c11-8-1-3-9(4-2-8)13-6-7(5-12)10-14-16-17-15-10/h1-4,6,13H,(H,14,15,16,17). The second-order valence-electron chi connectivity index (χ2n) is 3.06. The van der Waals surface area contributed by atoms with Crippen LogP contribution in [0.1, 0.15) is 5.82 Å². The average Bonchev–Trinajstić information content (AvgIpc) is 2.86. The molecule has 0 unspecified atom stereocenters. The van der Waals surface area contributed by atoms with Crippen LogP contribution in [-0.2, 0) is 0 Å². The Kier molecular flexibility index (Phi) is 3.66. The molecule has 17 heavy (non-hydrogen) atoms. The van der Waals surface area contributed by atoms with Gasteiger partial charge in [0, 0.05) is 15.5 Å². The molecule has 0 saturated carbocycles. The topological polar surface area (TPSA) is 90.3 Å². The molecule has 0 atom stereocenters. The Morgan fingerprint density at radius 1 is 1.41 bits per heavy atom. The summed E-state index contributed by atoms with van der Waals surface area (Å²) in [6, 6.07) is 9.78. The highest BCUT2D eigenvalue weighted by Gasteiger charge is 2.04. The normalized spacial score (nSPS) is 10.9. The van der Waals surface area contributed by atoms with Gasteiger partial charge in [-0.1, -0.05) is 0 Å². The third-order valence-electron chi connectivity index (χ3n) is 1.93. The van der Waals surface area contributed by atoms with Gasteiger partial charge in [0.25, 0.3) is 0 Å². The van der Waals surface area contributed by atoms with Crippen molar-refractivity contribution in [3.63, 3.8) is 0 Å². The number of aromatic nitrogens is 4. The lowest BCUT2D eigenvalue weighted by molar-refractivity contribution is 0.881. The Bertz CT molecular complexity index is 551. The van der Waals surface area contributed by atoms with Gasteiger partial charge in [0.1, 0.15) is 11.6 Å². The van der Waals surface area contributed by atoms with Gasteiger partial charge >= 0.3 is 0 Å². The predicted octanol–water partition coefficient (Wildman–Crippen LogP) is 1.78. The Morgan fingerprint density at radius 3 is 2.76 bits per heavy atom. The summed E-state index contributed by atoms with van der Waals surface area (Å²) in [6.45, 7) is 0. The fraction of sp³-hybridized carbons (Fsp3) is 0. The van der Waals surface area contributed by atoms with E-state index >= 15 is 0 Å². The highest BCUT2D eigenvalue weighted by atomic mass is 127. The summed E-state index contributed by atoms with van der Waals surface area (Å²) in [5.41, 5.74) is 1.21. The molecule has 2 N–H and O–H groups in total. The zero-order valence-electron chi connectivity index (χ0n) is 8.55. The highest BCUT2D eigenvalue weighted by Crippen LogP contribution is 2.13. The van der Waals surface area contributed by atoms with E-state index in [1.807, 2.05) is 30.3 Å². The molecule has 0 spiro atoms. The zero-order chi connectivity index (χ0) is 12.1. The third kappa shape index (κ3) is 3.01. The van der Waals surface area contributed by atoms with E-state index < -0.39 is 0 Å². The molecule has 0 aliphatic carbocycles. The first kappa shape index (κ1) is 11.5. The van der Waals surface area contributed by atoms with Gasteiger partial charge < -0.3 is 5.32 Å². The number of hydrogen-bond donors (Lipinski definition) is 2. The molecule has 0 fully saturated rings. The van der Waals surface area contributed by atoms with E-state index in [2.05, 4.69) is 48.5 Å². The van der Waals surface area contributed by atoms with Gasteiger partial charge in [-0.25, -0.2) is 0 Å². The van der Waals surface area contributed by atoms with E-state index in [9.17, 15) is 0 Å². The summed E-state index contributed by atoms with van der Waals surface area (Å²) in [6.07, 6.45) is 1.55. The number of benzene rings is 1. The first-order valence-corrected chi connectivity index (χ1v) is 5.73. The monoisotopic (exact) mass is 338 g/mol. The summed E-state index contributed by atoms with van der Waals surface area (Å²) in [5.74, 6) is 0.269. The number of rotatable bonds is 3. The van der Waals surface area contributed by atoms with Crippen molar-refractivity contribution in [2.45, 2.75) is 0 Å². The average molecular weight is 338 g/mol. The summed E-state index contributed by atoms with van der Waals surface area (Å²) in [5, 5.41) is 25.1. The van der Waals surface area contributed by atoms with Gasteiger partial charge in [0.2, 0.25) is 5.82 Å². The second-order valence-corrected chi connectivity index (χ2v) is 4.30. The number of aromatic amines is 1. The first-order chi connectivity index (χ1) is 8.29. The maximum absolute atomic E-state index is 8.94. The largest absolute Gasteiger partial charge is 0.360 e. The molecule has 0 amide bonds. The second kappa shape index (κ2) is 5.40. The molecule has 1 aromatic carbocycles. The maximum atomic E-state index is 8.94. The van der Waals surface area contributed by atoms with Gasteiger partial charge in [-0.3, -0.25) is 0 Å². The number of halogens is 1. The van der Waals surface area contributed by atoms with Crippen molar-refractivity contribution in [3.8, 4) is 6.07 Å². The van der Waals surface area contributed by atoms with Crippen LogP contribution in [0.2, 0.25) is 0 Å². The van der Waals surface area contributed by atoms with Crippen molar-refractivity contribution in [1.29, 1.82) is 5.26 Å². The van der Waals surface area contributed by atoms with Crippen LogP contribution in [0.5, 0.6) is 0 Å². The van der Waals surface area contributed by atoms with Crippen molar-refractivity contribution in [2.24, 2.45) is 0 Å². The number of nitrogens with one attached hydrogen (secondary N) is 2. The van der Waals surface area contributed by atoms with Crippen LogP contribution in [-0.4, -0.2) is 20.6 Å². The maximum Gasteiger partial charge on any atom is 0.216 e. The third-order valence-corrected chi connectivity index (χ3v) is 2.65. The highest BCUT2D eigenvalue weighted by molar-refractivity contribution is 14.1. The smallest absolute Gasteiger partial charge is 0.216 e. The van der Waals surface area contributed by atoms with E-state index in [1.165, 1.54) is 0 Å². The quantitative estimate of drug-likeness (QED) is 0.658. The molecule has 7 heteroatoms. The Hall–Kier alpha value is -1.95. The lowest BCUT2D eigenvalue weighted by atomic mass is 10.3. The van der Waals surface area contributed by atoms with E-state index in [-0.39, 0.29) is 5.82 Å². The van der Waals surface area contributed by atoms with Crippen LogP contribution >= 0.6 is 22.6 Å². The van der Waals surface area contributed by atoms with Crippen molar-refractivity contribution >= 4 is 33.9 Å². The van der Waals surface area contributed by atoms with Crippen LogP contribution < -0.4 is 5.32 Å². The lowest BCUT2D eigenvalue weighted by Crippen LogP contribution is -1.92. The SMILES string of the molecule is N#CC(=CNc1ccc(I)cc1)c1nn[nH]n1. The van der Waals surface area contributed by atoms with Crippen LogP contribution in [0, 0.1) is 14.9 Å². The minimum Gasteiger partial charge on any atom is -0.360 e. The van der Waals surface area contributed by atoms with Crippen LogP contribution in [0.3, 0.4) is 0 Å². The number of anilines is 1. The Labute approximate surface area is 111 Å². The van der Waals surface area contributed by atoms with Gasteiger partial charge in [0.05, 0.1) is 0 Å². The minimum absolute atomic E-state index is 0.269. The Balaban J connectivity index is 2.14. The number of H-pyrrole nitrogens is 1. The number of tetrazole rings is 1. The van der Waals surface area contributed by atoms with Crippen LogP contribution in [0.25, 0.3) is 5.57 Å².